The van der Waals surface area contributed by atoms with Crippen LogP contribution in [0.3, 0.4) is 0 Å². The minimum absolute atomic E-state index is 0.0624. The fourth-order valence-electron chi connectivity index (χ4n) is 2.09. The van der Waals surface area contributed by atoms with E-state index in [0.29, 0.717) is 17.0 Å². The molecule has 18 heavy (non-hydrogen) atoms. The highest BCUT2D eigenvalue weighted by molar-refractivity contribution is 6.30. The van der Waals surface area contributed by atoms with Gasteiger partial charge in [0.1, 0.15) is 0 Å². The lowest BCUT2D eigenvalue weighted by atomic mass is 10.2. The third-order valence-electron chi connectivity index (χ3n) is 2.91. The highest BCUT2D eigenvalue weighted by Crippen LogP contribution is 2.14. The molecule has 1 N–H and O–H groups in total. The smallest absolute Gasteiger partial charge is 0.271 e. The van der Waals surface area contributed by atoms with Crippen LogP contribution in [0, 0.1) is 0 Å². The van der Waals surface area contributed by atoms with Crippen molar-refractivity contribution in [2.45, 2.75) is 6.54 Å². The average molecular weight is 259 g/mol. The van der Waals surface area contributed by atoms with E-state index in [4.69, 9.17) is 11.6 Å². The van der Waals surface area contributed by atoms with Crippen molar-refractivity contribution in [2.75, 3.05) is 0 Å². The fourth-order valence-corrected chi connectivity index (χ4v) is 2.30. The number of hydrogen-bond acceptors (Lipinski definition) is 1. The Kier molecular flexibility index (Phi) is 2.68. The largest absolute Gasteiger partial charge is 0.280 e. The summed E-state index contributed by atoms with van der Waals surface area (Å²) >= 11 is 5.95. The van der Waals surface area contributed by atoms with E-state index in [2.05, 4.69) is 5.10 Å². The molecule has 3 nitrogen and oxygen atoms in total. The number of fused-ring (bicyclic) bond motifs is 1. The molecule has 0 saturated heterocycles. The Balaban J connectivity index is 2.08. The van der Waals surface area contributed by atoms with Gasteiger partial charge in [-0.1, -0.05) is 35.9 Å². The molecule has 2 aromatic carbocycles. The number of para-hydroxylation sites is 1. The molecule has 0 atom stereocenters. The lowest BCUT2D eigenvalue weighted by Gasteiger charge is -2.05. The number of nitrogens with one attached hydrogen (secondary N) is 1. The van der Waals surface area contributed by atoms with E-state index in [1.54, 1.807) is 0 Å². The van der Waals surface area contributed by atoms with Crippen molar-refractivity contribution in [1.29, 1.82) is 0 Å². The highest BCUT2D eigenvalue weighted by Gasteiger charge is 2.05. The quantitative estimate of drug-likeness (QED) is 0.754. The molecule has 0 radical (unpaired) electrons. The molecule has 90 valence electrons. The van der Waals surface area contributed by atoms with Crippen LogP contribution in [0.2, 0.25) is 5.02 Å². The van der Waals surface area contributed by atoms with Crippen LogP contribution in [0.15, 0.2) is 53.3 Å². The summed E-state index contributed by atoms with van der Waals surface area (Å²) < 4.78 is 1.84. The van der Waals surface area contributed by atoms with Gasteiger partial charge in [0.15, 0.2) is 0 Å². The van der Waals surface area contributed by atoms with Crippen molar-refractivity contribution in [3.8, 4) is 0 Å². The zero-order chi connectivity index (χ0) is 12.5. The number of nitrogens with zero attached hydrogens (tertiary/aromatic N) is 1. The van der Waals surface area contributed by atoms with Crippen molar-refractivity contribution in [3.05, 3.63) is 69.5 Å². The van der Waals surface area contributed by atoms with Crippen LogP contribution in [-0.4, -0.2) is 9.78 Å². The first-order chi connectivity index (χ1) is 8.74. The van der Waals surface area contributed by atoms with Gasteiger partial charge < -0.3 is 0 Å². The van der Waals surface area contributed by atoms with Crippen LogP contribution in [0.1, 0.15) is 5.56 Å². The number of rotatable bonds is 2. The number of benzene rings is 2. The van der Waals surface area contributed by atoms with E-state index in [-0.39, 0.29) is 5.56 Å². The van der Waals surface area contributed by atoms with Crippen LogP contribution < -0.4 is 5.56 Å². The minimum atomic E-state index is -0.0624. The van der Waals surface area contributed by atoms with Gasteiger partial charge in [-0.25, -0.2) is 0 Å². The van der Waals surface area contributed by atoms with E-state index in [1.807, 2.05) is 53.2 Å². The van der Waals surface area contributed by atoms with Crippen LogP contribution in [0.25, 0.3) is 10.9 Å². The maximum atomic E-state index is 11.8. The van der Waals surface area contributed by atoms with Crippen LogP contribution in [-0.2, 0) is 6.54 Å². The van der Waals surface area contributed by atoms with Gasteiger partial charge in [-0.05, 0) is 29.8 Å². The topological polar surface area (TPSA) is 37.8 Å². The van der Waals surface area contributed by atoms with Gasteiger partial charge in [0, 0.05) is 5.02 Å². The van der Waals surface area contributed by atoms with Gasteiger partial charge in [0.25, 0.3) is 5.56 Å². The average Bonchev–Trinajstić information content (AvgIpc) is 2.67. The van der Waals surface area contributed by atoms with Crippen molar-refractivity contribution < 1.29 is 0 Å². The zero-order valence-corrected chi connectivity index (χ0v) is 10.3. The van der Waals surface area contributed by atoms with E-state index in [0.717, 1.165) is 11.1 Å². The summed E-state index contributed by atoms with van der Waals surface area (Å²) in [7, 11) is 0. The summed E-state index contributed by atoms with van der Waals surface area (Å²) in [5.74, 6) is 0. The monoisotopic (exact) mass is 258 g/mol. The Morgan fingerprint density at radius 1 is 1.11 bits per heavy atom. The predicted molar refractivity (Wildman–Crippen MR) is 73.1 cm³/mol. The number of halogens is 1. The normalized spacial score (nSPS) is 10.9. The third kappa shape index (κ3) is 1.93. The van der Waals surface area contributed by atoms with E-state index in [1.165, 1.54) is 0 Å². The van der Waals surface area contributed by atoms with Crippen molar-refractivity contribution in [3.63, 3.8) is 0 Å². The number of hydrogen-bond donors (Lipinski definition) is 1. The lowest BCUT2D eigenvalue weighted by molar-refractivity contribution is 0.703. The Morgan fingerprint density at radius 2 is 1.94 bits per heavy atom. The SMILES string of the molecule is O=c1[nH]n(Cc2cccc(Cl)c2)c2ccccc12. The molecule has 0 saturated carbocycles. The molecule has 0 unspecified atom stereocenters. The fraction of sp³-hybridized carbons (Fsp3) is 0.0714. The molecule has 0 amide bonds. The Morgan fingerprint density at radius 3 is 2.78 bits per heavy atom. The first-order valence-electron chi connectivity index (χ1n) is 5.66. The standard InChI is InChI=1S/C14H11ClN2O/c15-11-5-3-4-10(8-11)9-17-13-7-2-1-6-12(13)14(18)16-17/h1-8H,9H2,(H,16,18). The minimum Gasteiger partial charge on any atom is -0.280 e. The lowest BCUT2D eigenvalue weighted by Crippen LogP contribution is -2.06. The summed E-state index contributed by atoms with van der Waals surface area (Å²) in [6.07, 6.45) is 0. The number of aromatic nitrogens is 2. The van der Waals surface area contributed by atoms with Gasteiger partial charge in [-0.3, -0.25) is 14.6 Å². The Hall–Kier alpha value is -2.00. The molecule has 1 aromatic heterocycles. The second kappa shape index (κ2) is 4.35. The van der Waals surface area contributed by atoms with E-state index in [9.17, 15) is 4.79 Å². The van der Waals surface area contributed by atoms with Crippen molar-refractivity contribution in [2.24, 2.45) is 0 Å². The van der Waals surface area contributed by atoms with Crippen LogP contribution in [0.5, 0.6) is 0 Å². The molecular weight excluding hydrogens is 248 g/mol. The molecule has 1 heterocycles. The summed E-state index contributed by atoms with van der Waals surface area (Å²) in [5, 5.41) is 4.25. The van der Waals surface area contributed by atoms with Gasteiger partial charge in [0.2, 0.25) is 0 Å². The molecule has 3 aromatic rings. The van der Waals surface area contributed by atoms with Gasteiger partial charge >= 0.3 is 0 Å². The summed E-state index contributed by atoms with van der Waals surface area (Å²) in [5.41, 5.74) is 1.90. The molecule has 0 bridgehead atoms. The maximum absolute atomic E-state index is 11.8. The zero-order valence-electron chi connectivity index (χ0n) is 9.56. The number of aromatic amines is 1. The van der Waals surface area contributed by atoms with Crippen LogP contribution in [0.4, 0.5) is 0 Å². The first-order valence-corrected chi connectivity index (χ1v) is 6.04. The van der Waals surface area contributed by atoms with Gasteiger partial charge in [-0.15, -0.1) is 0 Å². The van der Waals surface area contributed by atoms with Crippen molar-refractivity contribution in [1.82, 2.24) is 9.78 Å². The van der Waals surface area contributed by atoms with Gasteiger partial charge in [-0.2, -0.15) is 0 Å². The molecule has 0 spiro atoms. The summed E-state index contributed by atoms with van der Waals surface area (Å²) in [6, 6.07) is 15.2. The molecule has 3 rings (SSSR count). The van der Waals surface area contributed by atoms with Crippen LogP contribution >= 0.6 is 11.6 Å². The Bertz CT molecular complexity index is 758. The molecule has 0 aliphatic heterocycles. The second-order valence-corrected chi connectivity index (χ2v) is 4.61. The molecule has 0 aliphatic rings. The van der Waals surface area contributed by atoms with E-state index >= 15 is 0 Å². The molecule has 0 aliphatic carbocycles. The van der Waals surface area contributed by atoms with Gasteiger partial charge in [0.05, 0.1) is 17.4 Å². The highest BCUT2D eigenvalue weighted by atomic mass is 35.5. The molecule has 0 fully saturated rings. The van der Waals surface area contributed by atoms with E-state index < -0.39 is 0 Å². The molecule has 4 heteroatoms. The number of H-pyrrole nitrogens is 1. The first kappa shape index (κ1) is 11.1. The predicted octanol–water partition coefficient (Wildman–Crippen LogP) is 3.03. The molecular formula is C14H11ClN2O. The van der Waals surface area contributed by atoms with Crippen molar-refractivity contribution >= 4 is 22.5 Å². The third-order valence-corrected chi connectivity index (χ3v) is 3.14. The summed E-state index contributed by atoms with van der Waals surface area (Å²) in [6.45, 7) is 0.601. The Labute approximate surface area is 109 Å². The summed E-state index contributed by atoms with van der Waals surface area (Å²) in [4.78, 5) is 11.8. The maximum Gasteiger partial charge on any atom is 0.271 e. The second-order valence-electron chi connectivity index (χ2n) is 4.17.